The lowest BCUT2D eigenvalue weighted by molar-refractivity contribution is 0.147. The molecule has 2 amide bonds. The molecule has 2 N–H and O–H groups in total. The zero-order valence-electron chi connectivity index (χ0n) is 10.9. The van der Waals surface area contributed by atoms with Gasteiger partial charge in [0.2, 0.25) is 0 Å². The molecule has 0 saturated carbocycles. The number of hydrogen-bond donors (Lipinski definition) is 2. The number of urea groups is 1. The summed E-state index contributed by atoms with van der Waals surface area (Å²) in [5.74, 6) is 0. The van der Waals surface area contributed by atoms with Crippen LogP contribution in [0.2, 0.25) is 5.15 Å². The van der Waals surface area contributed by atoms with Gasteiger partial charge in [-0.15, -0.1) is 0 Å². The SMILES string of the molecule is CCc1cnc(Cl)cc1NC(=O)Nc1cc(C(F)F)ns1. The van der Waals surface area contributed by atoms with E-state index in [1.807, 2.05) is 6.92 Å². The molecule has 9 heteroatoms. The minimum absolute atomic E-state index is 0.237. The van der Waals surface area contributed by atoms with Crippen molar-refractivity contribution in [2.75, 3.05) is 10.6 Å². The van der Waals surface area contributed by atoms with Crippen LogP contribution < -0.4 is 10.6 Å². The van der Waals surface area contributed by atoms with Gasteiger partial charge in [0, 0.05) is 12.3 Å². The van der Waals surface area contributed by atoms with Gasteiger partial charge in [-0.1, -0.05) is 18.5 Å². The zero-order chi connectivity index (χ0) is 15.4. The molecule has 0 fully saturated rings. The van der Waals surface area contributed by atoms with Crippen LogP contribution in [0.1, 0.15) is 24.6 Å². The fraction of sp³-hybridized carbons (Fsp3) is 0.250. The van der Waals surface area contributed by atoms with Crippen molar-refractivity contribution in [3.63, 3.8) is 0 Å². The molecule has 0 aromatic carbocycles. The number of carbonyl (C=O) groups excluding carboxylic acids is 1. The van der Waals surface area contributed by atoms with Gasteiger partial charge >= 0.3 is 6.03 Å². The van der Waals surface area contributed by atoms with Crippen LogP contribution >= 0.6 is 23.1 Å². The van der Waals surface area contributed by atoms with Crippen LogP contribution in [0.25, 0.3) is 0 Å². The number of aryl methyl sites for hydroxylation is 1. The maximum Gasteiger partial charge on any atom is 0.324 e. The summed E-state index contributed by atoms with van der Waals surface area (Å²) < 4.78 is 28.3. The number of amides is 2. The third kappa shape index (κ3) is 4.08. The number of pyridine rings is 1. The predicted octanol–water partition coefficient (Wildman–Crippen LogP) is 4.34. The summed E-state index contributed by atoms with van der Waals surface area (Å²) in [6, 6.07) is 2.10. The van der Waals surface area contributed by atoms with Crippen LogP contribution in [0.15, 0.2) is 18.3 Å². The third-order valence-corrected chi connectivity index (χ3v) is 3.50. The predicted molar refractivity (Wildman–Crippen MR) is 78.3 cm³/mol. The monoisotopic (exact) mass is 332 g/mol. The third-order valence-electron chi connectivity index (χ3n) is 2.57. The Morgan fingerprint density at radius 3 is 2.81 bits per heavy atom. The first-order valence-electron chi connectivity index (χ1n) is 5.96. The van der Waals surface area contributed by atoms with Gasteiger partial charge in [0.25, 0.3) is 6.43 Å². The van der Waals surface area contributed by atoms with Crippen molar-refractivity contribution in [2.45, 2.75) is 19.8 Å². The van der Waals surface area contributed by atoms with E-state index in [2.05, 4.69) is 20.0 Å². The lowest BCUT2D eigenvalue weighted by Gasteiger charge is -2.09. The number of hydrogen-bond acceptors (Lipinski definition) is 4. The Hall–Kier alpha value is -1.80. The van der Waals surface area contributed by atoms with Crippen LogP contribution in [0, 0.1) is 0 Å². The highest BCUT2D eigenvalue weighted by Gasteiger charge is 2.14. The van der Waals surface area contributed by atoms with Crippen LogP contribution in [0.4, 0.5) is 24.3 Å². The molecule has 21 heavy (non-hydrogen) atoms. The normalized spacial score (nSPS) is 10.7. The first-order valence-corrected chi connectivity index (χ1v) is 7.12. The zero-order valence-corrected chi connectivity index (χ0v) is 12.4. The van der Waals surface area contributed by atoms with E-state index in [0.717, 1.165) is 23.2 Å². The number of nitrogens with zero attached hydrogens (tertiary/aromatic N) is 2. The molecule has 2 heterocycles. The van der Waals surface area contributed by atoms with Gasteiger partial charge in [-0.3, -0.25) is 5.32 Å². The minimum Gasteiger partial charge on any atom is -0.307 e. The molecule has 0 spiro atoms. The van der Waals surface area contributed by atoms with Crippen molar-refractivity contribution in [3.05, 3.63) is 34.7 Å². The number of alkyl halides is 2. The van der Waals surface area contributed by atoms with Crippen LogP contribution in [0.5, 0.6) is 0 Å². The average Bonchev–Trinajstić information content (AvgIpc) is 2.87. The summed E-state index contributed by atoms with van der Waals surface area (Å²) in [7, 11) is 0. The highest BCUT2D eigenvalue weighted by atomic mass is 35.5. The van der Waals surface area contributed by atoms with E-state index in [9.17, 15) is 13.6 Å². The Bertz CT molecular complexity index is 650. The second-order valence-corrected chi connectivity index (χ2v) is 5.21. The summed E-state index contributed by atoms with van der Waals surface area (Å²) in [6.07, 6.45) is -0.430. The van der Waals surface area contributed by atoms with E-state index in [1.165, 1.54) is 6.07 Å². The lowest BCUT2D eigenvalue weighted by Crippen LogP contribution is -2.19. The lowest BCUT2D eigenvalue weighted by atomic mass is 10.2. The molecule has 0 radical (unpaired) electrons. The van der Waals surface area contributed by atoms with Crippen molar-refractivity contribution >= 4 is 39.9 Å². The van der Waals surface area contributed by atoms with Gasteiger partial charge in [0.1, 0.15) is 15.8 Å². The average molecular weight is 333 g/mol. The number of halogens is 3. The number of rotatable bonds is 4. The number of carbonyl (C=O) groups is 1. The molecule has 0 saturated heterocycles. The van der Waals surface area contributed by atoms with Gasteiger partial charge in [0.05, 0.1) is 5.69 Å². The maximum absolute atomic E-state index is 12.4. The smallest absolute Gasteiger partial charge is 0.307 e. The summed E-state index contributed by atoms with van der Waals surface area (Å²) in [4.78, 5) is 15.8. The summed E-state index contributed by atoms with van der Waals surface area (Å²) >= 11 is 6.57. The van der Waals surface area contributed by atoms with Gasteiger partial charge in [-0.05, 0) is 29.6 Å². The van der Waals surface area contributed by atoms with Crippen molar-refractivity contribution < 1.29 is 13.6 Å². The summed E-state index contributed by atoms with van der Waals surface area (Å²) in [6.45, 7) is 1.91. The van der Waals surface area contributed by atoms with Gasteiger partial charge in [-0.25, -0.2) is 18.6 Å². The molecule has 2 rings (SSSR count). The van der Waals surface area contributed by atoms with Crippen molar-refractivity contribution in [1.82, 2.24) is 9.36 Å². The Kier molecular flexibility index (Phi) is 5.03. The molecule has 0 unspecified atom stereocenters. The Labute approximate surface area is 128 Å². The molecule has 0 aliphatic carbocycles. The summed E-state index contributed by atoms with van der Waals surface area (Å²) in [5.41, 5.74) is 0.970. The minimum atomic E-state index is -2.66. The molecular weight excluding hydrogens is 322 g/mol. The Balaban J connectivity index is 2.06. The van der Waals surface area contributed by atoms with E-state index >= 15 is 0 Å². The number of anilines is 2. The highest BCUT2D eigenvalue weighted by molar-refractivity contribution is 7.10. The highest BCUT2D eigenvalue weighted by Crippen LogP contribution is 2.25. The molecular formula is C12H11ClF2N4OS. The molecule has 2 aromatic heterocycles. The van der Waals surface area contributed by atoms with E-state index in [4.69, 9.17) is 11.6 Å². The van der Waals surface area contributed by atoms with Crippen molar-refractivity contribution in [3.8, 4) is 0 Å². The number of aromatic nitrogens is 2. The largest absolute Gasteiger partial charge is 0.324 e. The van der Waals surface area contributed by atoms with E-state index in [1.54, 1.807) is 6.20 Å². The number of nitrogens with one attached hydrogen (secondary N) is 2. The van der Waals surface area contributed by atoms with E-state index in [-0.39, 0.29) is 15.8 Å². The van der Waals surface area contributed by atoms with E-state index in [0.29, 0.717) is 12.1 Å². The fourth-order valence-electron chi connectivity index (χ4n) is 1.57. The second-order valence-electron chi connectivity index (χ2n) is 4.01. The van der Waals surface area contributed by atoms with Crippen LogP contribution in [-0.4, -0.2) is 15.4 Å². The first kappa shape index (κ1) is 15.6. The maximum atomic E-state index is 12.4. The van der Waals surface area contributed by atoms with Crippen LogP contribution in [-0.2, 0) is 6.42 Å². The molecule has 0 bridgehead atoms. The van der Waals surface area contributed by atoms with Crippen molar-refractivity contribution in [2.24, 2.45) is 0 Å². The van der Waals surface area contributed by atoms with E-state index < -0.39 is 12.5 Å². The van der Waals surface area contributed by atoms with Gasteiger partial charge in [-0.2, -0.15) is 4.37 Å². The topological polar surface area (TPSA) is 66.9 Å². The quantitative estimate of drug-likeness (QED) is 0.819. The van der Waals surface area contributed by atoms with Gasteiger partial charge < -0.3 is 5.32 Å². The molecule has 0 atom stereocenters. The molecule has 2 aromatic rings. The first-order chi connectivity index (χ1) is 9.99. The second kappa shape index (κ2) is 6.77. The standard InChI is InChI=1S/C12H11ClF2N4OS/c1-2-6-5-16-9(13)3-7(6)17-12(20)18-10-4-8(11(14)15)19-21-10/h3-5,11H,2H2,1H3,(H2,16,17,18,20). The summed E-state index contributed by atoms with van der Waals surface area (Å²) in [5, 5.41) is 5.54. The molecule has 0 aliphatic heterocycles. The Morgan fingerprint density at radius 2 is 2.19 bits per heavy atom. The molecule has 5 nitrogen and oxygen atoms in total. The molecule has 0 aliphatic rings. The Morgan fingerprint density at radius 1 is 1.43 bits per heavy atom. The van der Waals surface area contributed by atoms with Gasteiger partial charge in [0.15, 0.2) is 0 Å². The fourth-order valence-corrected chi connectivity index (χ4v) is 2.38. The van der Waals surface area contributed by atoms with Crippen molar-refractivity contribution in [1.29, 1.82) is 0 Å². The molecule has 112 valence electrons. The van der Waals surface area contributed by atoms with Crippen LogP contribution in [0.3, 0.4) is 0 Å².